The molecule has 0 radical (unpaired) electrons. The van der Waals surface area contributed by atoms with Gasteiger partial charge in [0.2, 0.25) is 5.91 Å². The van der Waals surface area contributed by atoms with Gasteiger partial charge in [-0.15, -0.1) is 0 Å². The van der Waals surface area contributed by atoms with Gasteiger partial charge in [0.15, 0.2) is 0 Å². The molecule has 0 spiro atoms. The lowest BCUT2D eigenvalue weighted by Gasteiger charge is -2.04. The second kappa shape index (κ2) is 4.84. The van der Waals surface area contributed by atoms with Crippen molar-refractivity contribution in [1.82, 2.24) is 10.2 Å². The van der Waals surface area contributed by atoms with Crippen molar-refractivity contribution in [3.05, 3.63) is 59.7 Å². The van der Waals surface area contributed by atoms with E-state index < -0.39 is 0 Å². The van der Waals surface area contributed by atoms with Gasteiger partial charge in [0.1, 0.15) is 0 Å². The standard InChI is InChI=1S/C18H15N3O/c1-11(22)19-14-8-6-12(7-9-14)17-16-10-13-4-2-3-5-15(13)18(16)21-20-17/h2-9H,10H2,1H3,(H,19,22)(H,20,21). The monoisotopic (exact) mass is 289 g/mol. The van der Waals surface area contributed by atoms with Gasteiger partial charge < -0.3 is 5.32 Å². The second-order valence-corrected chi connectivity index (χ2v) is 5.52. The number of amides is 1. The van der Waals surface area contributed by atoms with Crippen LogP contribution in [-0.4, -0.2) is 16.1 Å². The summed E-state index contributed by atoms with van der Waals surface area (Å²) in [6.07, 6.45) is 0.908. The van der Waals surface area contributed by atoms with Crippen LogP contribution in [0.4, 0.5) is 5.69 Å². The van der Waals surface area contributed by atoms with Crippen LogP contribution in [-0.2, 0) is 11.2 Å². The van der Waals surface area contributed by atoms with Crippen molar-refractivity contribution < 1.29 is 4.79 Å². The van der Waals surface area contributed by atoms with Crippen LogP contribution in [0.3, 0.4) is 0 Å². The Bertz CT molecular complexity index is 862. The Labute approximate surface area is 128 Å². The molecule has 1 amide bonds. The van der Waals surface area contributed by atoms with E-state index in [0.717, 1.165) is 29.1 Å². The number of fused-ring (bicyclic) bond motifs is 3. The number of nitrogens with one attached hydrogen (secondary N) is 2. The quantitative estimate of drug-likeness (QED) is 0.592. The molecular formula is C18H15N3O. The SMILES string of the molecule is CC(=O)Nc1ccc(-c2n[nH]c3c2Cc2ccccc2-3)cc1. The fourth-order valence-electron chi connectivity index (χ4n) is 3.02. The number of aromatic nitrogens is 2. The van der Waals surface area contributed by atoms with Crippen molar-refractivity contribution in [2.45, 2.75) is 13.3 Å². The number of H-pyrrole nitrogens is 1. The summed E-state index contributed by atoms with van der Waals surface area (Å²) in [6.45, 7) is 1.51. The van der Waals surface area contributed by atoms with E-state index in [9.17, 15) is 4.79 Å². The molecule has 0 saturated carbocycles. The Hall–Kier alpha value is -2.88. The highest BCUT2D eigenvalue weighted by atomic mass is 16.1. The molecule has 4 nitrogen and oxygen atoms in total. The smallest absolute Gasteiger partial charge is 0.221 e. The number of rotatable bonds is 2. The molecule has 1 aliphatic carbocycles. The fourth-order valence-corrected chi connectivity index (χ4v) is 3.02. The van der Waals surface area contributed by atoms with Gasteiger partial charge in [0, 0.05) is 35.7 Å². The molecule has 2 N–H and O–H groups in total. The topological polar surface area (TPSA) is 57.8 Å². The minimum absolute atomic E-state index is 0.0659. The molecule has 0 bridgehead atoms. The van der Waals surface area contributed by atoms with E-state index in [0.29, 0.717) is 0 Å². The number of carbonyl (C=O) groups excluding carboxylic acids is 1. The highest BCUT2D eigenvalue weighted by Crippen LogP contribution is 2.39. The number of aromatic amines is 1. The highest BCUT2D eigenvalue weighted by molar-refractivity contribution is 5.89. The lowest BCUT2D eigenvalue weighted by atomic mass is 10.1. The number of nitrogens with zero attached hydrogens (tertiary/aromatic N) is 1. The fraction of sp³-hybridized carbons (Fsp3) is 0.111. The van der Waals surface area contributed by atoms with Crippen LogP contribution in [0.5, 0.6) is 0 Å². The first-order valence-corrected chi connectivity index (χ1v) is 7.26. The lowest BCUT2D eigenvalue weighted by Crippen LogP contribution is -2.05. The van der Waals surface area contributed by atoms with Gasteiger partial charge in [-0.25, -0.2) is 0 Å². The van der Waals surface area contributed by atoms with Gasteiger partial charge in [0.05, 0.1) is 11.4 Å². The number of carbonyl (C=O) groups is 1. The minimum atomic E-state index is -0.0659. The number of anilines is 1. The maximum absolute atomic E-state index is 11.1. The summed E-state index contributed by atoms with van der Waals surface area (Å²) < 4.78 is 0. The summed E-state index contributed by atoms with van der Waals surface area (Å²) >= 11 is 0. The third kappa shape index (κ3) is 2.00. The van der Waals surface area contributed by atoms with Gasteiger partial charge in [0.25, 0.3) is 0 Å². The Morgan fingerprint density at radius 1 is 1.14 bits per heavy atom. The first-order valence-electron chi connectivity index (χ1n) is 7.26. The Morgan fingerprint density at radius 3 is 2.68 bits per heavy atom. The summed E-state index contributed by atoms with van der Waals surface area (Å²) in [5, 5.41) is 10.4. The lowest BCUT2D eigenvalue weighted by molar-refractivity contribution is -0.114. The molecule has 0 unspecified atom stereocenters. The molecule has 2 aromatic carbocycles. The van der Waals surface area contributed by atoms with E-state index in [4.69, 9.17) is 0 Å². The minimum Gasteiger partial charge on any atom is -0.326 e. The average molecular weight is 289 g/mol. The first-order chi connectivity index (χ1) is 10.7. The van der Waals surface area contributed by atoms with Crippen molar-refractivity contribution in [2.24, 2.45) is 0 Å². The maximum atomic E-state index is 11.1. The van der Waals surface area contributed by atoms with Crippen molar-refractivity contribution in [3.8, 4) is 22.5 Å². The highest BCUT2D eigenvalue weighted by Gasteiger charge is 2.24. The number of hydrogen-bond donors (Lipinski definition) is 2. The maximum Gasteiger partial charge on any atom is 0.221 e. The zero-order valence-corrected chi connectivity index (χ0v) is 12.2. The normalized spacial score (nSPS) is 11.9. The summed E-state index contributed by atoms with van der Waals surface area (Å²) in [4.78, 5) is 11.1. The summed E-state index contributed by atoms with van der Waals surface area (Å²) in [6, 6.07) is 16.2. The Balaban J connectivity index is 1.71. The second-order valence-electron chi connectivity index (χ2n) is 5.52. The molecule has 4 rings (SSSR count). The van der Waals surface area contributed by atoms with Crippen molar-refractivity contribution in [1.29, 1.82) is 0 Å². The Morgan fingerprint density at radius 2 is 1.91 bits per heavy atom. The zero-order valence-electron chi connectivity index (χ0n) is 12.2. The molecule has 1 aliphatic rings. The largest absolute Gasteiger partial charge is 0.326 e. The van der Waals surface area contributed by atoms with Gasteiger partial charge >= 0.3 is 0 Å². The van der Waals surface area contributed by atoms with E-state index in [1.807, 2.05) is 24.3 Å². The summed E-state index contributed by atoms with van der Waals surface area (Å²) in [5.41, 5.74) is 7.78. The van der Waals surface area contributed by atoms with Gasteiger partial charge in [-0.3, -0.25) is 9.89 Å². The predicted molar refractivity (Wildman–Crippen MR) is 86.6 cm³/mol. The molecule has 0 fully saturated rings. The first kappa shape index (κ1) is 12.8. The van der Waals surface area contributed by atoms with Gasteiger partial charge in [-0.05, 0) is 17.7 Å². The van der Waals surface area contributed by atoms with Gasteiger partial charge in [-0.2, -0.15) is 5.10 Å². The predicted octanol–water partition coefficient (Wildman–Crippen LogP) is 3.61. The van der Waals surface area contributed by atoms with E-state index in [-0.39, 0.29) is 5.91 Å². The average Bonchev–Trinajstić information content (AvgIpc) is 3.06. The molecule has 3 aromatic rings. The van der Waals surface area contributed by atoms with Crippen LogP contribution < -0.4 is 5.32 Å². The molecule has 4 heteroatoms. The zero-order chi connectivity index (χ0) is 15.1. The molecular weight excluding hydrogens is 274 g/mol. The molecule has 1 heterocycles. The van der Waals surface area contributed by atoms with Gasteiger partial charge in [-0.1, -0.05) is 36.4 Å². The molecule has 1 aromatic heterocycles. The molecule has 108 valence electrons. The molecule has 0 saturated heterocycles. The van der Waals surface area contributed by atoms with Crippen molar-refractivity contribution in [3.63, 3.8) is 0 Å². The summed E-state index contributed by atoms with van der Waals surface area (Å²) in [7, 11) is 0. The Kier molecular flexibility index (Phi) is 2.82. The third-order valence-corrected chi connectivity index (χ3v) is 4.00. The van der Waals surface area contributed by atoms with E-state index >= 15 is 0 Å². The van der Waals surface area contributed by atoms with Crippen LogP contribution in [0.15, 0.2) is 48.5 Å². The molecule has 22 heavy (non-hydrogen) atoms. The van der Waals surface area contributed by atoms with Crippen LogP contribution in [0.25, 0.3) is 22.5 Å². The van der Waals surface area contributed by atoms with Crippen LogP contribution >= 0.6 is 0 Å². The van der Waals surface area contributed by atoms with Crippen LogP contribution in [0, 0.1) is 0 Å². The van der Waals surface area contributed by atoms with Crippen molar-refractivity contribution in [2.75, 3.05) is 5.32 Å². The van der Waals surface area contributed by atoms with Crippen molar-refractivity contribution >= 4 is 11.6 Å². The van der Waals surface area contributed by atoms with E-state index in [1.54, 1.807) is 0 Å². The third-order valence-electron chi connectivity index (χ3n) is 4.00. The van der Waals surface area contributed by atoms with Crippen LogP contribution in [0.1, 0.15) is 18.1 Å². The molecule has 0 aliphatic heterocycles. The van der Waals surface area contributed by atoms with E-state index in [1.165, 1.54) is 23.6 Å². The van der Waals surface area contributed by atoms with E-state index in [2.05, 4.69) is 39.8 Å². The number of benzene rings is 2. The number of hydrogen-bond acceptors (Lipinski definition) is 2. The summed E-state index contributed by atoms with van der Waals surface area (Å²) in [5.74, 6) is -0.0659. The molecule has 0 atom stereocenters. The van der Waals surface area contributed by atoms with Crippen LogP contribution in [0.2, 0.25) is 0 Å².